The molecule has 0 aliphatic carbocycles. The quantitative estimate of drug-likeness (QED) is 0.929. The number of hydrogen-bond donors (Lipinski definition) is 1. The van der Waals surface area contributed by atoms with Crippen LogP contribution in [0.15, 0.2) is 54.6 Å². The summed E-state index contributed by atoms with van der Waals surface area (Å²) in [5.74, 6) is 0. The summed E-state index contributed by atoms with van der Waals surface area (Å²) in [6.07, 6.45) is 0. The van der Waals surface area contributed by atoms with Gasteiger partial charge in [-0.1, -0.05) is 54.1 Å². The molecule has 3 rings (SSSR count). The third kappa shape index (κ3) is 3.21. The average Bonchev–Trinajstić information content (AvgIpc) is 2.50. The molecule has 1 aliphatic heterocycles. The molecule has 3 heteroatoms. The molecule has 0 radical (unpaired) electrons. The first-order valence-corrected chi connectivity index (χ1v) is 7.45. The zero-order valence-corrected chi connectivity index (χ0v) is 12.2. The average molecular weight is 287 g/mol. The minimum Gasteiger partial charge on any atom is -0.314 e. The lowest BCUT2D eigenvalue weighted by atomic mass is 10.0. The van der Waals surface area contributed by atoms with E-state index in [2.05, 4.69) is 52.7 Å². The van der Waals surface area contributed by atoms with Gasteiger partial charge in [0.05, 0.1) is 0 Å². The Morgan fingerprint density at radius 2 is 1.80 bits per heavy atom. The number of halogens is 1. The Kier molecular flexibility index (Phi) is 4.36. The summed E-state index contributed by atoms with van der Waals surface area (Å²) in [5, 5.41) is 4.29. The van der Waals surface area contributed by atoms with Crippen molar-refractivity contribution in [3.8, 4) is 0 Å². The van der Waals surface area contributed by atoms with Crippen molar-refractivity contribution in [2.45, 2.75) is 12.6 Å². The third-order valence-corrected chi connectivity index (χ3v) is 4.09. The van der Waals surface area contributed by atoms with Gasteiger partial charge >= 0.3 is 0 Å². The van der Waals surface area contributed by atoms with Crippen molar-refractivity contribution >= 4 is 11.6 Å². The molecule has 1 N–H and O–H groups in total. The number of hydrogen-bond acceptors (Lipinski definition) is 2. The second kappa shape index (κ2) is 6.40. The molecule has 2 nitrogen and oxygen atoms in total. The Labute approximate surface area is 125 Å². The molecule has 0 amide bonds. The lowest BCUT2D eigenvalue weighted by Gasteiger charge is -2.36. The second-order valence-corrected chi connectivity index (χ2v) is 5.66. The molecule has 0 bridgehead atoms. The van der Waals surface area contributed by atoms with Crippen LogP contribution in [0.2, 0.25) is 5.02 Å². The van der Waals surface area contributed by atoms with Crippen LogP contribution in [0.1, 0.15) is 17.2 Å². The molecular weight excluding hydrogens is 268 g/mol. The maximum Gasteiger partial charge on any atom is 0.0476 e. The molecule has 1 aliphatic rings. The van der Waals surface area contributed by atoms with Crippen molar-refractivity contribution in [2.24, 2.45) is 0 Å². The summed E-state index contributed by atoms with van der Waals surface area (Å²) in [4.78, 5) is 2.54. The second-order valence-electron chi connectivity index (χ2n) is 5.23. The molecule has 1 fully saturated rings. The minimum atomic E-state index is 0.418. The summed E-state index contributed by atoms with van der Waals surface area (Å²) in [6.45, 7) is 4.11. The molecular formula is C17H19ClN2. The van der Waals surface area contributed by atoms with Gasteiger partial charge in [-0.15, -0.1) is 0 Å². The molecule has 0 saturated carbocycles. The van der Waals surface area contributed by atoms with Crippen LogP contribution in [-0.4, -0.2) is 24.5 Å². The van der Waals surface area contributed by atoms with Crippen LogP contribution < -0.4 is 5.32 Å². The first-order chi connectivity index (χ1) is 9.83. The van der Waals surface area contributed by atoms with Crippen molar-refractivity contribution in [3.63, 3.8) is 0 Å². The van der Waals surface area contributed by atoms with Gasteiger partial charge in [0.1, 0.15) is 0 Å². The van der Waals surface area contributed by atoms with E-state index < -0.39 is 0 Å². The van der Waals surface area contributed by atoms with Gasteiger partial charge < -0.3 is 5.32 Å². The van der Waals surface area contributed by atoms with Gasteiger partial charge in [0.25, 0.3) is 0 Å². The number of nitrogens with one attached hydrogen (secondary N) is 1. The molecule has 0 aromatic heterocycles. The monoisotopic (exact) mass is 286 g/mol. The van der Waals surface area contributed by atoms with Crippen molar-refractivity contribution in [2.75, 3.05) is 19.6 Å². The lowest BCUT2D eigenvalue weighted by Crippen LogP contribution is -2.45. The van der Waals surface area contributed by atoms with Crippen LogP contribution in [0, 0.1) is 0 Å². The summed E-state index contributed by atoms with van der Waals surface area (Å²) >= 11 is 5.99. The minimum absolute atomic E-state index is 0.418. The van der Waals surface area contributed by atoms with Crippen molar-refractivity contribution in [3.05, 3.63) is 70.7 Å². The molecule has 1 atom stereocenters. The molecule has 1 heterocycles. The van der Waals surface area contributed by atoms with E-state index in [0.29, 0.717) is 6.04 Å². The fourth-order valence-corrected chi connectivity index (χ4v) is 2.89. The van der Waals surface area contributed by atoms with Gasteiger partial charge in [-0.25, -0.2) is 0 Å². The third-order valence-electron chi connectivity index (χ3n) is 3.84. The highest BCUT2D eigenvalue weighted by atomic mass is 35.5. The molecule has 0 spiro atoms. The lowest BCUT2D eigenvalue weighted by molar-refractivity contribution is 0.154. The topological polar surface area (TPSA) is 15.3 Å². The highest BCUT2D eigenvalue weighted by Gasteiger charge is 2.23. The van der Waals surface area contributed by atoms with Gasteiger partial charge in [0.2, 0.25) is 0 Å². The maximum absolute atomic E-state index is 5.99. The Morgan fingerprint density at radius 3 is 2.55 bits per heavy atom. The van der Waals surface area contributed by atoms with Crippen LogP contribution in [0.3, 0.4) is 0 Å². The van der Waals surface area contributed by atoms with Gasteiger partial charge in [0.15, 0.2) is 0 Å². The van der Waals surface area contributed by atoms with Crippen molar-refractivity contribution in [1.29, 1.82) is 0 Å². The Hall–Kier alpha value is -1.35. The van der Waals surface area contributed by atoms with Gasteiger partial charge in [-0.3, -0.25) is 4.90 Å². The largest absolute Gasteiger partial charge is 0.314 e. The van der Waals surface area contributed by atoms with E-state index in [-0.39, 0.29) is 0 Å². The van der Waals surface area contributed by atoms with E-state index in [9.17, 15) is 0 Å². The Balaban J connectivity index is 1.78. The van der Waals surface area contributed by atoms with Gasteiger partial charge in [-0.2, -0.15) is 0 Å². The van der Waals surface area contributed by atoms with Gasteiger partial charge in [-0.05, 0) is 23.3 Å². The number of rotatable bonds is 3. The summed E-state index contributed by atoms with van der Waals surface area (Å²) in [7, 11) is 0. The number of nitrogens with zero attached hydrogens (tertiary/aromatic N) is 1. The maximum atomic E-state index is 5.99. The van der Waals surface area contributed by atoms with E-state index in [1.807, 2.05) is 12.1 Å². The van der Waals surface area contributed by atoms with Crippen LogP contribution in [0.25, 0.3) is 0 Å². The van der Waals surface area contributed by atoms with Crippen LogP contribution in [0.4, 0.5) is 0 Å². The van der Waals surface area contributed by atoms with E-state index in [1.165, 1.54) is 11.1 Å². The van der Waals surface area contributed by atoms with Gasteiger partial charge in [0, 0.05) is 37.2 Å². The first kappa shape index (κ1) is 13.6. The summed E-state index contributed by atoms with van der Waals surface area (Å²) < 4.78 is 0. The molecule has 1 unspecified atom stereocenters. The fraction of sp³-hybridized carbons (Fsp3) is 0.294. The van der Waals surface area contributed by atoms with E-state index in [1.54, 1.807) is 0 Å². The molecule has 104 valence electrons. The van der Waals surface area contributed by atoms with E-state index in [0.717, 1.165) is 31.2 Å². The molecule has 2 aromatic rings. The van der Waals surface area contributed by atoms with E-state index in [4.69, 9.17) is 11.6 Å². The van der Waals surface area contributed by atoms with Crippen molar-refractivity contribution < 1.29 is 0 Å². The summed E-state index contributed by atoms with van der Waals surface area (Å²) in [5.41, 5.74) is 2.70. The Morgan fingerprint density at radius 1 is 1.05 bits per heavy atom. The predicted molar refractivity (Wildman–Crippen MR) is 83.9 cm³/mol. The highest BCUT2D eigenvalue weighted by Crippen LogP contribution is 2.25. The van der Waals surface area contributed by atoms with Crippen molar-refractivity contribution in [1.82, 2.24) is 10.2 Å². The predicted octanol–water partition coefficient (Wildman–Crippen LogP) is 3.49. The SMILES string of the molecule is Clc1ccc(C2CNCCN2Cc2ccccc2)cc1. The molecule has 1 saturated heterocycles. The summed E-state index contributed by atoms with van der Waals surface area (Å²) in [6, 6.07) is 19.3. The standard InChI is InChI=1S/C17H19ClN2/c18-16-8-6-15(7-9-16)17-12-19-10-11-20(17)13-14-4-2-1-3-5-14/h1-9,17,19H,10-13H2. The normalized spacial score (nSPS) is 19.9. The molecule has 2 aromatic carbocycles. The van der Waals surface area contributed by atoms with Crippen LogP contribution in [0.5, 0.6) is 0 Å². The zero-order valence-electron chi connectivity index (χ0n) is 11.4. The molecule has 20 heavy (non-hydrogen) atoms. The highest BCUT2D eigenvalue weighted by molar-refractivity contribution is 6.30. The number of benzene rings is 2. The smallest absolute Gasteiger partial charge is 0.0476 e. The Bertz CT molecular complexity index is 539. The number of piperazine rings is 1. The zero-order chi connectivity index (χ0) is 13.8. The fourth-order valence-electron chi connectivity index (χ4n) is 2.77. The van der Waals surface area contributed by atoms with E-state index >= 15 is 0 Å². The van der Waals surface area contributed by atoms with Crippen LogP contribution >= 0.6 is 11.6 Å². The van der Waals surface area contributed by atoms with Crippen LogP contribution in [-0.2, 0) is 6.54 Å². The first-order valence-electron chi connectivity index (χ1n) is 7.07.